The lowest BCUT2D eigenvalue weighted by molar-refractivity contribution is -0.388. The number of halogens is 1. The van der Waals surface area contributed by atoms with Gasteiger partial charge in [0, 0.05) is 0 Å². The molecule has 1 rings (SSSR count). The van der Waals surface area contributed by atoms with E-state index in [4.69, 9.17) is 4.84 Å². The largest absolute Gasteiger partial charge is 0.309 e. The van der Waals surface area contributed by atoms with Crippen LogP contribution in [0, 0.1) is 29.8 Å². The number of rotatable bonds is 4. The molecule has 0 aliphatic rings. The highest BCUT2D eigenvalue weighted by Crippen LogP contribution is 2.31. The summed E-state index contributed by atoms with van der Waals surface area (Å²) in [5, 5.41) is 10.9. The first-order valence-electron chi connectivity index (χ1n) is 6.00. The monoisotopic (exact) mass is 320 g/mol. The molecule has 0 saturated carbocycles. The lowest BCUT2D eigenvalue weighted by Crippen LogP contribution is -2.34. The number of aryl methyl sites for hydroxylation is 1. The molecule has 0 aliphatic carbocycles. The molecule has 7 nitrogen and oxygen atoms in total. The van der Waals surface area contributed by atoms with Crippen LogP contribution in [0.2, 0.25) is 0 Å². The van der Waals surface area contributed by atoms with Gasteiger partial charge in [0.15, 0.2) is 0 Å². The Labute approximate surface area is 122 Å². The lowest BCUT2D eigenvalue weighted by Gasteiger charge is -2.20. The zero-order chi connectivity index (χ0) is 16.6. The average molecular weight is 320 g/mol. The van der Waals surface area contributed by atoms with Crippen LogP contribution in [-0.4, -0.2) is 18.9 Å². The SMILES string of the molecule is Cc1cc(F)c([N+](=O)[O-])c(C)c1S(=O)(=O)NOC(C)(C)C. The van der Waals surface area contributed by atoms with Crippen molar-refractivity contribution in [2.45, 2.75) is 45.1 Å². The van der Waals surface area contributed by atoms with Crippen molar-refractivity contribution in [3.63, 3.8) is 0 Å². The van der Waals surface area contributed by atoms with E-state index in [2.05, 4.69) is 0 Å². The average Bonchev–Trinajstić information content (AvgIpc) is 2.23. The zero-order valence-electron chi connectivity index (χ0n) is 12.4. The normalized spacial score (nSPS) is 12.5. The van der Waals surface area contributed by atoms with Crippen molar-refractivity contribution in [3.8, 4) is 0 Å². The summed E-state index contributed by atoms with van der Waals surface area (Å²) >= 11 is 0. The summed E-state index contributed by atoms with van der Waals surface area (Å²) < 4.78 is 38.1. The second kappa shape index (κ2) is 5.66. The number of nitro benzene ring substituents is 1. The highest BCUT2D eigenvalue weighted by atomic mass is 32.2. The van der Waals surface area contributed by atoms with Crippen LogP contribution in [0.3, 0.4) is 0 Å². The fraction of sp³-hybridized carbons (Fsp3) is 0.500. The maximum atomic E-state index is 13.6. The molecule has 0 heterocycles. The van der Waals surface area contributed by atoms with Gasteiger partial charge in [-0.2, -0.15) is 4.39 Å². The second-order valence-corrected chi connectivity index (χ2v) is 7.12. The molecule has 0 spiro atoms. The molecule has 0 amide bonds. The molecule has 0 saturated heterocycles. The fourth-order valence-electron chi connectivity index (χ4n) is 1.77. The minimum Gasteiger partial charge on any atom is -0.281 e. The summed E-state index contributed by atoms with van der Waals surface area (Å²) in [5.74, 6) is -1.08. The van der Waals surface area contributed by atoms with E-state index in [0.717, 1.165) is 6.07 Å². The Morgan fingerprint density at radius 1 is 1.33 bits per heavy atom. The van der Waals surface area contributed by atoms with Crippen LogP contribution >= 0.6 is 0 Å². The van der Waals surface area contributed by atoms with Gasteiger partial charge in [0.25, 0.3) is 10.0 Å². The van der Waals surface area contributed by atoms with Crippen molar-refractivity contribution < 1.29 is 22.6 Å². The van der Waals surface area contributed by atoms with E-state index in [1.165, 1.54) is 13.8 Å². The first kappa shape index (κ1) is 17.5. The van der Waals surface area contributed by atoms with Gasteiger partial charge < -0.3 is 0 Å². The molecular weight excluding hydrogens is 303 g/mol. The molecule has 0 fully saturated rings. The molecule has 9 heteroatoms. The molecule has 0 radical (unpaired) electrons. The number of benzene rings is 1. The van der Waals surface area contributed by atoms with Crippen LogP contribution < -0.4 is 4.89 Å². The van der Waals surface area contributed by atoms with Crippen molar-refractivity contribution in [1.29, 1.82) is 0 Å². The maximum Gasteiger partial charge on any atom is 0.309 e. The van der Waals surface area contributed by atoms with E-state index in [1.807, 2.05) is 4.89 Å². The number of nitrogens with zero attached hydrogens (tertiary/aromatic N) is 1. The predicted octanol–water partition coefficient (Wildman–Crippen LogP) is 2.36. The van der Waals surface area contributed by atoms with Crippen molar-refractivity contribution in [2.75, 3.05) is 0 Å². The van der Waals surface area contributed by atoms with Gasteiger partial charge in [-0.05, 0) is 46.2 Å². The standard InChI is InChI=1S/C12H17FN2O5S/c1-7-6-9(13)10(15(16)17)8(2)11(7)21(18,19)14-20-12(3,4)5/h6,14H,1-5H3. The van der Waals surface area contributed by atoms with Gasteiger partial charge in [0.1, 0.15) is 0 Å². The molecule has 0 bridgehead atoms. The third kappa shape index (κ3) is 3.96. The van der Waals surface area contributed by atoms with Crippen LogP contribution in [-0.2, 0) is 14.9 Å². The first-order chi connectivity index (χ1) is 9.37. The second-order valence-electron chi connectivity index (χ2n) is 5.54. The molecule has 0 aromatic heterocycles. The molecular formula is C12H17FN2O5S. The molecule has 0 unspecified atom stereocenters. The minimum atomic E-state index is -4.17. The quantitative estimate of drug-likeness (QED) is 0.678. The van der Waals surface area contributed by atoms with Gasteiger partial charge in [-0.25, -0.2) is 8.42 Å². The highest BCUT2D eigenvalue weighted by molar-refractivity contribution is 7.89. The van der Waals surface area contributed by atoms with Crippen molar-refractivity contribution in [3.05, 3.63) is 33.1 Å². The van der Waals surface area contributed by atoms with Crippen molar-refractivity contribution >= 4 is 15.7 Å². The Balaban J connectivity index is 3.43. The molecule has 0 atom stereocenters. The number of nitrogens with one attached hydrogen (secondary N) is 1. The highest BCUT2D eigenvalue weighted by Gasteiger charge is 2.30. The summed E-state index contributed by atoms with van der Waals surface area (Å²) in [6, 6.07) is 0.816. The van der Waals surface area contributed by atoms with Gasteiger partial charge in [-0.1, -0.05) is 4.89 Å². The van der Waals surface area contributed by atoms with Crippen molar-refractivity contribution in [1.82, 2.24) is 4.89 Å². The lowest BCUT2D eigenvalue weighted by atomic mass is 10.1. The smallest absolute Gasteiger partial charge is 0.281 e. The van der Waals surface area contributed by atoms with Gasteiger partial charge in [0.05, 0.1) is 21.0 Å². The van der Waals surface area contributed by atoms with Gasteiger partial charge >= 0.3 is 5.69 Å². The van der Waals surface area contributed by atoms with E-state index >= 15 is 0 Å². The summed E-state index contributed by atoms with van der Waals surface area (Å²) in [7, 11) is -4.17. The molecule has 1 aromatic rings. The van der Waals surface area contributed by atoms with E-state index in [1.54, 1.807) is 20.8 Å². The predicted molar refractivity (Wildman–Crippen MR) is 73.7 cm³/mol. The van der Waals surface area contributed by atoms with Gasteiger partial charge in [-0.3, -0.25) is 15.0 Å². The topological polar surface area (TPSA) is 98.5 Å². The van der Waals surface area contributed by atoms with Crippen LogP contribution in [0.1, 0.15) is 31.9 Å². The minimum absolute atomic E-state index is 0.0561. The summed E-state index contributed by atoms with van der Waals surface area (Å²) in [6.07, 6.45) is 0. The van der Waals surface area contributed by atoms with Crippen molar-refractivity contribution in [2.24, 2.45) is 0 Å². The van der Waals surface area contributed by atoms with Gasteiger partial charge in [0.2, 0.25) is 5.82 Å². The Kier molecular flexibility index (Phi) is 4.71. The van der Waals surface area contributed by atoms with Crippen LogP contribution in [0.25, 0.3) is 0 Å². The van der Waals surface area contributed by atoms with E-state index < -0.39 is 32.1 Å². The number of nitro groups is 1. The van der Waals surface area contributed by atoms with Crippen LogP contribution in [0.4, 0.5) is 10.1 Å². The molecule has 118 valence electrons. The Morgan fingerprint density at radius 3 is 2.29 bits per heavy atom. The van der Waals surface area contributed by atoms with Crippen LogP contribution in [0.5, 0.6) is 0 Å². The zero-order valence-corrected chi connectivity index (χ0v) is 13.2. The van der Waals surface area contributed by atoms with Crippen LogP contribution in [0.15, 0.2) is 11.0 Å². The van der Waals surface area contributed by atoms with E-state index in [0.29, 0.717) is 0 Å². The Bertz CT molecular complexity index is 680. The summed E-state index contributed by atoms with van der Waals surface area (Å²) in [5.41, 5.74) is -1.87. The third-order valence-corrected chi connectivity index (χ3v) is 4.00. The Morgan fingerprint density at radius 2 is 1.86 bits per heavy atom. The number of hydrogen-bond acceptors (Lipinski definition) is 5. The summed E-state index contributed by atoms with van der Waals surface area (Å²) in [4.78, 5) is 16.5. The van der Waals surface area contributed by atoms with Gasteiger partial charge in [-0.15, -0.1) is 0 Å². The molecule has 0 aliphatic heterocycles. The first-order valence-corrected chi connectivity index (χ1v) is 7.49. The maximum absolute atomic E-state index is 13.6. The Hall–Kier alpha value is -1.58. The molecule has 1 aromatic carbocycles. The fourth-order valence-corrected chi connectivity index (χ4v) is 3.19. The number of hydrogen-bond donors (Lipinski definition) is 1. The van der Waals surface area contributed by atoms with E-state index in [-0.39, 0.29) is 16.0 Å². The summed E-state index contributed by atoms with van der Waals surface area (Å²) in [6.45, 7) is 7.42. The molecule has 21 heavy (non-hydrogen) atoms. The van der Waals surface area contributed by atoms with E-state index in [9.17, 15) is 22.9 Å². The third-order valence-electron chi connectivity index (χ3n) is 2.53. The molecule has 1 N–H and O–H groups in total. The number of sulfonamides is 1.